The first-order valence-electron chi connectivity index (χ1n) is 6.14. The normalized spacial score (nSPS) is 15.8. The lowest BCUT2D eigenvalue weighted by Gasteiger charge is -2.14. The van der Waals surface area contributed by atoms with E-state index in [0.29, 0.717) is 16.8 Å². The van der Waals surface area contributed by atoms with Crippen LogP contribution in [0.2, 0.25) is 0 Å². The number of nitrogens with one attached hydrogen (secondary N) is 1. The number of carbonyl (C=O) groups excluding carboxylic acids is 1. The highest BCUT2D eigenvalue weighted by Gasteiger charge is 2.14. The maximum atomic E-state index is 10.7. The zero-order chi connectivity index (χ0) is 13.0. The van der Waals surface area contributed by atoms with Gasteiger partial charge in [0.2, 0.25) is 0 Å². The molecule has 4 nitrogen and oxygen atoms in total. The number of aromatic carboxylic acids is 1. The standard InChI is InChI=1S/C13H16BrNO3/c14-11-9-10(13(16)17)3-4-12(11)18-8-7-15-5-1-2-6-15/h3-4,9H,1-2,5-8H2,(H,16,17). The zero-order valence-electron chi connectivity index (χ0n) is 10.1. The fourth-order valence-electron chi connectivity index (χ4n) is 2.18. The second kappa shape index (κ2) is 6.20. The van der Waals surface area contributed by atoms with Crippen LogP contribution in [0.4, 0.5) is 0 Å². The van der Waals surface area contributed by atoms with E-state index >= 15 is 0 Å². The molecule has 0 atom stereocenters. The van der Waals surface area contributed by atoms with Gasteiger partial charge in [0.25, 0.3) is 0 Å². The number of hydrogen-bond acceptors (Lipinski definition) is 3. The SMILES string of the molecule is O=C([O-])c1ccc(OCC[NH+]2CCCC2)c(Br)c1. The van der Waals surface area contributed by atoms with Crippen LogP contribution in [-0.2, 0) is 0 Å². The number of carboxylic acids is 1. The second-order valence-electron chi connectivity index (χ2n) is 4.49. The van der Waals surface area contributed by atoms with Gasteiger partial charge in [-0.2, -0.15) is 0 Å². The van der Waals surface area contributed by atoms with Gasteiger partial charge in [0.15, 0.2) is 0 Å². The molecule has 1 aliphatic heterocycles. The molecule has 1 aromatic rings. The molecule has 1 fully saturated rings. The van der Waals surface area contributed by atoms with Crippen LogP contribution in [0.25, 0.3) is 0 Å². The third-order valence-corrected chi connectivity index (χ3v) is 3.81. The van der Waals surface area contributed by atoms with Crippen LogP contribution < -0.4 is 14.7 Å². The predicted molar refractivity (Wildman–Crippen MR) is 68.8 cm³/mol. The third-order valence-electron chi connectivity index (χ3n) is 3.19. The van der Waals surface area contributed by atoms with Crippen molar-refractivity contribution in [1.29, 1.82) is 0 Å². The van der Waals surface area contributed by atoms with Gasteiger partial charge in [0, 0.05) is 12.8 Å². The van der Waals surface area contributed by atoms with Gasteiger partial charge < -0.3 is 19.5 Å². The minimum atomic E-state index is -1.18. The van der Waals surface area contributed by atoms with Crippen molar-refractivity contribution >= 4 is 21.9 Å². The summed E-state index contributed by atoms with van der Waals surface area (Å²) in [5.41, 5.74) is 0.152. The summed E-state index contributed by atoms with van der Waals surface area (Å²) in [6.07, 6.45) is 2.61. The van der Waals surface area contributed by atoms with E-state index in [0.717, 1.165) is 6.54 Å². The van der Waals surface area contributed by atoms with E-state index in [9.17, 15) is 9.90 Å². The lowest BCUT2D eigenvalue weighted by atomic mass is 10.2. The van der Waals surface area contributed by atoms with Crippen molar-refractivity contribution in [2.45, 2.75) is 12.8 Å². The predicted octanol–water partition coefficient (Wildman–Crippen LogP) is -0.130. The van der Waals surface area contributed by atoms with Gasteiger partial charge >= 0.3 is 0 Å². The highest BCUT2D eigenvalue weighted by molar-refractivity contribution is 9.10. The fourth-order valence-corrected chi connectivity index (χ4v) is 2.67. The van der Waals surface area contributed by atoms with E-state index in [2.05, 4.69) is 15.9 Å². The van der Waals surface area contributed by atoms with Gasteiger partial charge in [-0.25, -0.2) is 0 Å². The molecular formula is C13H16BrNO3. The molecule has 1 aliphatic rings. The van der Waals surface area contributed by atoms with Crippen LogP contribution in [0.3, 0.4) is 0 Å². The summed E-state index contributed by atoms with van der Waals surface area (Å²) < 4.78 is 6.31. The summed E-state index contributed by atoms with van der Waals surface area (Å²) in [5, 5.41) is 10.7. The summed E-state index contributed by atoms with van der Waals surface area (Å²) in [6.45, 7) is 4.11. The Balaban J connectivity index is 1.87. The monoisotopic (exact) mass is 313 g/mol. The largest absolute Gasteiger partial charge is 0.545 e. The molecule has 0 saturated carbocycles. The Bertz CT molecular complexity index is 430. The van der Waals surface area contributed by atoms with Gasteiger partial charge in [-0.3, -0.25) is 0 Å². The highest BCUT2D eigenvalue weighted by atomic mass is 79.9. The molecule has 1 heterocycles. The molecule has 0 aliphatic carbocycles. The topological polar surface area (TPSA) is 53.8 Å². The molecule has 0 unspecified atom stereocenters. The van der Waals surface area contributed by atoms with Crippen LogP contribution in [0, 0.1) is 0 Å². The van der Waals surface area contributed by atoms with Crippen molar-refractivity contribution in [1.82, 2.24) is 0 Å². The van der Waals surface area contributed by atoms with E-state index in [-0.39, 0.29) is 5.56 Å². The molecule has 1 N–H and O–H groups in total. The molecule has 0 radical (unpaired) electrons. The van der Waals surface area contributed by atoms with Gasteiger partial charge in [0.05, 0.1) is 23.5 Å². The van der Waals surface area contributed by atoms with E-state index in [1.54, 1.807) is 11.0 Å². The van der Waals surface area contributed by atoms with Crippen LogP contribution in [-0.4, -0.2) is 32.2 Å². The molecule has 18 heavy (non-hydrogen) atoms. The van der Waals surface area contributed by atoms with Crippen molar-refractivity contribution < 1.29 is 19.5 Å². The second-order valence-corrected chi connectivity index (χ2v) is 5.34. The lowest BCUT2D eigenvalue weighted by molar-refractivity contribution is -0.887. The summed E-state index contributed by atoms with van der Waals surface area (Å²) in [5.74, 6) is -0.498. The van der Waals surface area contributed by atoms with Crippen molar-refractivity contribution in [2.24, 2.45) is 0 Å². The number of carboxylic acid groups (broad SMARTS) is 1. The van der Waals surface area contributed by atoms with E-state index in [1.807, 2.05) is 0 Å². The van der Waals surface area contributed by atoms with Gasteiger partial charge in [-0.15, -0.1) is 0 Å². The average molecular weight is 314 g/mol. The Kier molecular flexibility index (Phi) is 4.60. The number of likely N-dealkylation sites (tertiary alicyclic amines) is 1. The van der Waals surface area contributed by atoms with Crippen molar-refractivity contribution in [3.05, 3.63) is 28.2 Å². The number of ether oxygens (including phenoxy) is 1. The summed E-state index contributed by atoms with van der Waals surface area (Å²) >= 11 is 3.31. The van der Waals surface area contributed by atoms with Crippen LogP contribution >= 0.6 is 15.9 Å². The first-order chi connectivity index (χ1) is 8.66. The van der Waals surface area contributed by atoms with Gasteiger partial charge in [-0.1, -0.05) is 0 Å². The Hall–Kier alpha value is -1.07. The number of benzene rings is 1. The van der Waals surface area contributed by atoms with Crippen LogP contribution in [0.15, 0.2) is 22.7 Å². The molecule has 1 aromatic carbocycles. The van der Waals surface area contributed by atoms with E-state index in [1.165, 1.54) is 38.1 Å². The van der Waals surface area contributed by atoms with E-state index in [4.69, 9.17) is 4.74 Å². The number of carbonyl (C=O) groups is 1. The molecule has 0 amide bonds. The molecule has 98 valence electrons. The Morgan fingerprint density at radius 1 is 1.39 bits per heavy atom. The molecule has 0 spiro atoms. The maximum absolute atomic E-state index is 10.7. The average Bonchev–Trinajstić information content (AvgIpc) is 2.84. The molecule has 0 bridgehead atoms. The molecule has 1 saturated heterocycles. The van der Waals surface area contributed by atoms with Crippen molar-refractivity contribution in [2.75, 3.05) is 26.2 Å². The third kappa shape index (κ3) is 3.46. The number of quaternary nitrogens is 1. The Morgan fingerprint density at radius 3 is 2.72 bits per heavy atom. The van der Waals surface area contributed by atoms with Crippen LogP contribution in [0.1, 0.15) is 23.2 Å². The zero-order valence-corrected chi connectivity index (χ0v) is 11.7. The van der Waals surface area contributed by atoms with Crippen molar-refractivity contribution in [3.63, 3.8) is 0 Å². The summed E-state index contributed by atoms with van der Waals surface area (Å²) in [6, 6.07) is 4.67. The maximum Gasteiger partial charge on any atom is 0.137 e. The molecule has 5 heteroatoms. The first kappa shape index (κ1) is 13.4. The molecule has 0 aromatic heterocycles. The van der Waals surface area contributed by atoms with Gasteiger partial charge in [-0.05, 0) is 39.7 Å². The Labute approximate surface area is 115 Å². The van der Waals surface area contributed by atoms with Crippen LogP contribution in [0.5, 0.6) is 5.75 Å². The summed E-state index contributed by atoms with van der Waals surface area (Å²) in [7, 11) is 0. The van der Waals surface area contributed by atoms with E-state index < -0.39 is 5.97 Å². The number of rotatable bonds is 5. The summed E-state index contributed by atoms with van der Waals surface area (Å²) in [4.78, 5) is 12.3. The van der Waals surface area contributed by atoms with Crippen molar-refractivity contribution in [3.8, 4) is 5.75 Å². The fraction of sp³-hybridized carbons (Fsp3) is 0.462. The van der Waals surface area contributed by atoms with Gasteiger partial charge in [0.1, 0.15) is 18.9 Å². The lowest BCUT2D eigenvalue weighted by Crippen LogP contribution is -3.10. The minimum Gasteiger partial charge on any atom is -0.545 e. The minimum absolute atomic E-state index is 0.152. The molecule has 2 rings (SSSR count). The Morgan fingerprint density at radius 2 is 2.11 bits per heavy atom. The molecular weight excluding hydrogens is 298 g/mol. The number of hydrogen-bond donors (Lipinski definition) is 1. The first-order valence-corrected chi connectivity index (χ1v) is 6.93. The number of halogens is 1. The highest BCUT2D eigenvalue weighted by Crippen LogP contribution is 2.25. The quantitative estimate of drug-likeness (QED) is 0.824. The smallest absolute Gasteiger partial charge is 0.137 e.